The van der Waals surface area contributed by atoms with Crippen LogP contribution in [0.15, 0.2) is 47.0 Å². The van der Waals surface area contributed by atoms with Gasteiger partial charge in [0.2, 0.25) is 0 Å². The molecule has 3 aromatic rings. The van der Waals surface area contributed by atoms with Crippen molar-refractivity contribution in [2.75, 3.05) is 19.7 Å². The minimum atomic E-state index is -0.364. The number of aryl methyl sites for hydroxylation is 2. The van der Waals surface area contributed by atoms with Gasteiger partial charge in [-0.05, 0) is 50.2 Å². The van der Waals surface area contributed by atoms with Gasteiger partial charge in [-0.25, -0.2) is 9.37 Å². The van der Waals surface area contributed by atoms with Crippen molar-refractivity contribution in [1.29, 1.82) is 0 Å². The summed E-state index contributed by atoms with van der Waals surface area (Å²) < 4.78 is 24.2. The molecule has 1 aliphatic heterocycles. The standard InChI is InChI=1S/C21H20FN3O3/c1-13-20(14(2)28-24-13)18-5-3-4-17(23-18)19-12-25(10-11-27-19)21(26)15-6-8-16(22)9-7-15/h3-9,19H,10-12H2,1-2H3/t19-/m0/s1. The molecule has 0 aliphatic carbocycles. The Morgan fingerprint density at radius 2 is 1.96 bits per heavy atom. The third kappa shape index (κ3) is 3.53. The summed E-state index contributed by atoms with van der Waals surface area (Å²) in [5.74, 6) is 0.201. The van der Waals surface area contributed by atoms with Crippen molar-refractivity contribution in [3.05, 3.63) is 71.0 Å². The molecule has 3 heterocycles. The van der Waals surface area contributed by atoms with Crippen LogP contribution in [0.4, 0.5) is 4.39 Å². The van der Waals surface area contributed by atoms with E-state index in [0.717, 1.165) is 22.6 Å². The Balaban J connectivity index is 1.56. The summed E-state index contributed by atoms with van der Waals surface area (Å²) >= 11 is 0. The normalized spacial score (nSPS) is 17.0. The highest BCUT2D eigenvalue weighted by Gasteiger charge is 2.27. The summed E-state index contributed by atoms with van der Waals surface area (Å²) in [4.78, 5) is 19.2. The number of pyridine rings is 1. The van der Waals surface area contributed by atoms with Gasteiger partial charge in [0.05, 0.1) is 35.8 Å². The summed E-state index contributed by atoms with van der Waals surface area (Å²) in [5, 5.41) is 3.98. The van der Waals surface area contributed by atoms with Crippen LogP contribution in [-0.4, -0.2) is 40.6 Å². The van der Waals surface area contributed by atoms with Crippen molar-refractivity contribution >= 4 is 5.91 Å². The molecule has 1 saturated heterocycles. The third-order valence-electron chi connectivity index (χ3n) is 4.83. The average Bonchev–Trinajstić information content (AvgIpc) is 3.06. The number of amides is 1. The van der Waals surface area contributed by atoms with Crippen molar-refractivity contribution in [2.24, 2.45) is 0 Å². The molecule has 6 nitrogen and oxygen atoms in total. The molecule has 0 unspecified atom stereocenters. The van der Waals surface area contributed by atoms with Crippen LogP contribution < -0.4 is 0 Å². The SMILES string of the molecule is Cc1noc(C)c1-c1cccc([C@@H]2CN(C(=O)c3ccc(F)cc3)CCO2)n1. The highest BCUT2D eigenvalue weighted by atomic mass is 19.1. The maximum atomic E-state index is 13.1. The molecule has 0 saturated carbocycles. The third-order valence-corrected chi connectivity index (χ3v) is 4.83. The van der Waals surface area contributed by atoms with E-state index < -0.39 is 0 Å². The zero-order valence-corrected chi connectivity index (χ0v) is 15.7. The number of hydrogen-bond donors (Lipinski definition) is 0. The van der Waals surface area contributed by atoms with Crippen LogP contribution in [0.3, 0.4) is 0 Å². The summed E-state index contributed by atoms with van der Waals surface area (Å²) in [6.45, 7) is 5.00. The molecule has 0 bridgehead atoms. The second-order valence-electron chi connectivity index (χ2n) is 6.76. The van der Waals surface area contributed by atoms with Crippen molar-refractivity contribution < 1.29 is 18.4 Å². The van der Waals surface area contributed by atoms with Gasteiger partial charge >= 0.3 is 0 Å². The van der Waals surface area contributed by atoms with Crippen LogP contribution in [-0.2, 0) is 4.74 Å². The highest BCUT2D eigenvalue weighted by molar-refractivity contribution is 5.94. The number of ether oxygens (including phenoxy) is 1. The van der Waals surface area contributed by atoms with Crippen molar-refractivity contribution in [1.82, 2.24) is 15.0 Å². The maximum absolute atomic E-state index is 13.1. The minimum Gasteiger partial charge on any atom is -0.368 e. The van der Waals surface area contributed by atoms with E-state index in [2.05, 4.69) is 5.16 Å². The number of carbonyl (C=O) groups is 1. The molecule has 0 N–H and O–H groups in total. The molecule has 1 atom stereocenters. The van der Waals surface area contributed by atoms with Crippen LogP contribution in [0.5, 0.6) is 0 Å². The van der Waals surface area contributed by atoms with E-state index in [9.17, 15) is 9.18 Å². The van der Waals surface area contributed by atoms with Gasteiger partial charge in [-0.2, -0.15) is 0 Å². The maximum Gasteiger partial charge on any atom is 0.254 e. The first-order valence-corrected chi connectivity index (χ1v) is 9.09. The number of nitrogens with zero attached hydrogens (tertiary/aromatic N) is 3. The van der Waals surface area contributed by atoms with Gasteiger partial charge in [-0.15, -0.1) is 0 Å². The van der Waals surface area contributed by atoms with Crippen LogP contribution in [0, 0.1) is 19.7 Å². The van der Waals surface area contributed by atoms with Crippen LogP contribution in [0.25, 0.3) is 11.3 Å². The Labute approximate surface area is 161 Å². The lowest BCUT2D eigenvalue weighted by Crippen LogP contribution is -2.42. The van der Waals surface area contributed by atoms with E-state index in [1.54, 1.807) is 4.90 Å². The molecule has 1 aliphatic rings. The number of halogens is 1. The monoisotopic (exact) mass is 381 g/mol. The molecular formula is C21H20FN3O3. The minimum absolute atomic E-state index is 0.143. The topological polar surface area (TPSA) is 68.5 Å². The molecule has 144 valence electrons. The smallest absolute Gasteiger partial charge is 0.254 e. The van der Waals surface area contributed by atoms with E-state index in [1.165, 1.54) is 24.3 Å². The van der Waals surface area contributed by atoms with Crippen molar-refractivity contribution in [3.63, 3.8) is 0 Å². The molecule has 1 aromatic carbocycles. The fraction of sp³-hybridized carbons (Fsp3) is 0.286. The quantitative estimate of drug-likeness (QED) is 0.692. The zero-order chi connectivity index (χ0) is 19.7. The number of rotatable bonds is 3. The van der Waals surface area contributed by atoms with Crippen molar-refractivity contribution in [3.8, 4) is 11.3 Å². The average molecular weight is 381 g/mol. The molecule has 1 amide bonds. The van der Waals surface area contributed by atoms with Crippen LogP contribution in [0.2, 0.25) is 0 Å². The summed E-state index contributed by atoms with van der Waals surface area (Å²) in [5.41, 5.74) is 3.62. The van der Waals surface area contributed by atoms with Gasteiger partial charge in [0.25, 0.3) is 5.91 Å². The lowest BCUT2D eigenvalue weighted by Gasteiger charge is -2.33. The number of carbonyl (C=O) groups excluding carboxylic acids is 1. The van der Waals surface area contributed by atoms with E-state index in [-0.39, 0.29) is 17.8 Å². The largest absolute Gasteiger partial charge is 0.368 e. The molecule has 0 radical (unpaired) electrons. The first kappa shape index (κ1) is 18.3. The summed E-state index contributed by atoms with van der Waals surface area (Å²) in [7, 11) is 0. The van der Waals surface area contributed by atoms with Gasteiger partial charge in [0.1, 0.15) is 17.7 Å². The van der Waals surface area contributed by atoms with Gasteiger partial charge < -0.3 is 14.2 Å². The molecule has 28 heavy (non-hydrogen) atoms. The van der Waals surface area contributed by atoms with Gasteiger partial charge in [-0.3, -0.25) is 4.79 Å². The summed E-state index contributed by atoms with van der Waals surface area (Å²) in [6.07, 6.45) is -0.335. The molecular weight excluding hydrogens is 361 g/mol. The van der Waals surface area contributed by atoms with E-state index in [1.807, 2.05) is 32.0 Å². The Morgan fingerprint density at radius 1 is 1.18 bits per heavy atom. The Morgan fingerprint density at radius 3 is 2.68 bits per heavy atom. The van der Waals surface area contributed by atoms with Crippen molar-refractivity contribution in [2.45, 2.75) is 20.0 Å². The molecule has 0 spiro atoms. The number of morpholine rings is 1. The van der Waals surface area contributed by atoms with E-state index in [4.69, 9.17) is 14.2 Å². The fourth-order valence-corrected chi connectivity index (χ4v) is 3.41. The first-order chi connectivity index (χ1) is 13.5. The second kappa shape index (κ2) is 7.52. The number of hydrogen-bond acceptors (Lipinski definition) is 5. The second-order valence-corrected chi connectivity index (χ2v) is 6.76. The number of benzene rings is 1. The zero-order valence-electron chi connectivity index (χ0n) is 15.7. The molecule has 2 aromatic heterocycles. The van der Waals surface area contributed by atoms with Gasteiger partial charge in [0, 0.05) is 12.1 Å². The molecule has 4 rings (SSSR count). The fourth-order valence-electron chi connectivity index (χ4n) is 3.41. The Kier molecular flexibility index (Phi) is 4.92. The lowest BCUT2D eigenvalue weighted by atomic mass is 10.1. The predicted octanol–water partition coefficient (Wildman–Crippen LogP) is 3.71. The van der Waals surface area contributed by atoms with E-state index >= 15 is 0 Å². The number of aromatic nitrogens is 2. The Bertz CT molecular complexity index is 981. The Hall–Kier alpha value is -3.06. The van der Waals surface area contributed by atoms with E-state index in [0.29, 0.717) is 31.0 Å². The predicted molar refractivity (Wildman–Crippen MR) is 100 cm³/mol. The molecule has 7 heteroatoms. The highest BCUT2D eigenvalue weighted by Crippen LogP contribution is 2.28. The first-order valence-electron chi connectivity index (χ1n) is 9.09. The summed E-state index contributed by atoms with van der Waals surface area (Å²) in [6, 6.07) is 11.3. The molecule has 1 fully saturated rings. The van der Waals surface area contributed by atoms with Gasteiger partial charge in [-0.1, -0.05) is 11.2 Å². The van der Waals surface area contributed by atoms with Crippen LogP contribution >= 0.6 is 0 Å². The van der Waals surface area contributed by atoms with Crippen LogP contribution in [0.1, 0.15) is 33.6 Å². The van der Waals surface area contributed by atoms with Gasteiger partial charge in [0.15, 0.2) is 0 Å². The lowest BCUT2D eigenvalue weighted by molar-refractivity contribution is -0.0246.